The molecule has 0 aromatic heterocycles. The number of esters is 1. The number of aliphatic hydroxyl groups is 5. The van der Waals surface area contributed by atoms with Crippen LogP contribution in [0.3, 0.4) is 0 Å². The van der Waals surface area contributed by atoms with Crippen molar-refractivity contribution in [3.8, 4) is 28.7 Å². The van der Waals surface area contributed by atoms with E-state index in [1.165, 1.54) is 28.4 Å². The van der Waals surface area contributed by atoms with Gasteiger partial charge in [-0.15, -0.1) is 0 Å². The first kappa shape index (κ1) is 36.0. The lowest BCUT2D eigenvalue weighted by molar-refractivity contribution is -0.299. The van der Waals surface area contributed by atoms with Gasteiger partial charge in [0.15, 0.2) is 29.3 Å². The Labute approximate surface area is 272 Å². The molecule has 2 heterocycles. The van der Waals surface area contributed by atoms with Gasteiger partial charge in [0, 0.05) is 29.7 Å². The fourth-order valence-corrected chi connectivity index (χ4v) is 5.45. The van der Waals surface area contributed by atoms with Crippen LogP contribution in [0.4, 0.5) is 0 Å². The molecule has 14 nitrogen and oxygen atoms in total. The van der Waals surface area contributed by atoms with Crippen molar-refractivity contribution in [1.82, 2.24) is 0 Å². The van der Waals surface area contributed by atoms with Crippen LogP contribution < -0.4 is 23.7 Å². The summed E-state index contributed by atoms with van der Waals surface area (Å²) in [6.07, 6.45) is -4.49. The van der Waals surface area contributed by atoms with Crippen molar-refractivity contribution in [2.45, 2.75) is 49.1 Å². The second kappa shape index (κ2) is 16.3. The molecule has 258 valence electrons. The molecule has 2 aromatic carbocycles. The number of carbonyl (C=O) groups is 1. The highest BCUT2D eigenvalue weighted by atomic mass is 16.7. The van der Waals surface area contributed by atoms with Crippen molar-refractivity contribution in [1.29, 1.82) is 0 Å². The van der Waals surface area contributed by atoms with Crippen LogP contribution in [0, 0.1) is 0 Å². The maximum atomic E-state index is 12.0. The van der Waals surface area contributed by atoms with E-state index in [9.17, 15) is 25.2 Å². The van der Waals surface area contributed by atoms with Gasteiger partial charge in [-0.25, -0.2) is 4.79 Å². The molecule has 0 aliphatic carbocycles. The van der Waals surface area contributed by atoms with Gasteiger partial charge in [0.05, 0.1) is 47.6 Å². The maximum Gasteiger partial charge on any atom is 0.333 e. The molecule has 0 amide bonds. The normalized spacial score (nSPS) is 25.2. The summed E-state index contributed by atoms with van der Waals surface area (Å²) in [5.74, 6) is 0.993. The van der Waals surface area contributed by atoms with E-state index in [0.717, 1.165) is 0 Å². The summed E-state index contributed by atoms with van der Waals surface area (Å²) in [5, 5.41) is 50.5. The molecule has 1 saturated heterocycles. The number of aliphatic hydroxyl groups excluding tert-OH is 5. The average Bonchev–Trinajstić information content (AvgIpc) is 3.46. The third-order valence-corrected chi connectivity index (χ3v) is 7.96. The predicted octanol–water partition coefficient (Wildman–Crippen LogP) is 1.25. The number of fused-ring (bicyclic) bond motifs is 1. The summed E-state index contributed by atoms with van der Waals surface area (Å²) in [7, 11) is 6.05. The smallest absolute Gasteiger partial charge is 0.333 e. The number of carbonyl (C=O) groups excluding carboxylic acids is 1. The molecule has 2 aliphatic heterocycles. The second-order valence-corrected chi connectivity index (χ2v) is 10.9. The third kappa shape index (κ3) is 7.81. The Hall–Kier alpha value is -3.89. The minimum Gasteiger partial charge on any atom is -0.493 e. The van der Waals surface area contributed by atoms with Crippen LogP contribution >= 0.6 is 0 Å². The molecule has 4 rings (SSSR count). The lowest BCUT2D eigenvalue weighted by Gasteiger charge is -2.39. The molecule has 14 heteroatoms. The van der Waals surface area contributed by atoms with Crippen molar-refractivity contribution in [2.75, 3.05) is 54.9 Å². The number of benzene rings is 2. The van der Waals surface area contributed by atoms with E-state index in [-0.39, 0.29) is 31.8 Å². The monoisotopic (exact) mass is 662 g/mol. The van der Waals surface area contributed by atoms with Gasteiger partial charge in [-0.2, -0.15) is 0 Å². The van der Waals surface area contributed by atoms with E-state index < -0.39 is 55.3 Å². The van der Waals surface area contributed by atoms with Crippen LogP contribution in [-0.2, 0) is 19.0 Å². The van der Waals surface area contributed by atoms with Gasteiger partial charge >= 0.3 is 5.97 Å². The summed E-state index contributed by atoms with van der Waals surface area (Å²) in [6.45, 7) is 2.49. The van der Waals surface area contributed by atoms with E-state index in [0.29, 0.717) is 45.4 Å². The Morgan fingerprint density at radius 1 is 0.915 bits per heavy atom. The van der Waals surface area contributed by atoms with E-state index in [2.05, 4.69) is 6.58 Å². The van der Waals surface area contributed by atoms with Gasteiger partial charge in [-0.1, -0.05) is 18.7 Å². The first-order valence-corrected chi connectivity index (χ1v) is 14.8. The maximum absolute atomic E-state index is 12.0. The second-order valence-electron chi connectivity index (χ2n) is 10.9. The molecule has 2 aliphatic rings. The van der Waals surface area contributed by atoms with Gasteiger partial charge in [0.25, 0.3) is 0 Å². The zero-order valence-corrected chi connectivity index (χ0v) is 26.7. The number of hydrogen-bond acceptors (Lipinski definition) is 14. The highest BCUT2D eigenvalue weighted by Gasteiger charge is 2.45. The number of hydrogen-bond donors (Lipinski definition) is 5. The SMILES string of the molecule is C=C(CCO)C(=O)OC[C@H]1O[C@H](OC/C=C/c2cc(OC)c3c(c2)[C@@H](CO)[C@H](c2cc(OC)c(OC)c(OC)c2)O3)[C@H](O)[C@H](O)[C@H]1O. The Morgan fingerprint density at radius 3 is 2.19 bits per heavy atom. The molecule has 0 saturated carbocycles. The van der Waals surface area contributed by atoms with Gasteiger partial charge in [0.2, 0.25) is 5.75 Å². The summed E-state index contributed by atoms with van der Waals surface area (Å²) >= 11 is 0. The zero-order valence-electron chi connectivity index (χ0n) is 26.7. The molecule has 7 atom stereocenters. The first-order valence-electron chi connectivity index (χ1n) is 14.8. The van der Waals surface area contributed by atoms with Crippen molar-refractivity contribution >= 4 is 12.0 Å². The largest absolute Gasteiger partial charge is 0.493 e. The number of rotatable bonds is 15. The van der Waals surface area contributed by atoms with Crippen LogP contribution in [0.1, 0.15) is 35.1 Å². The van der Waals surface area contributed by atoms with Crippen LogP contribution in [0.25, 0.3) is 6.08 Å². The number of methoxy groups -OCH3 is 4. The van der Waals surface area contributed by atoms with E-state index in [1.54, 1.807) is 30.4 Å². The summed E-state index contributed by atoms with van der Waals surface area (Å²) in [5.41, 5.74) is 2.15. The summed E-state index contributed by atoms with van der Waals surface area (Å²) < 4.78 is 44.7. The molecule has 47 heavy (non-hydrogen) atoms. The molecule has 0 unspecified atom stereocenters. The van der Waals surface area contributed by atoms with E-state index >= 15 is 0 Å². The highest BCUT2D eigenvalue weighted by molar-refractivity contribution is 5.87. The quantitative estimate of drug-likeness (QED) is 0.135. The van der Waals surface area contributed by atoms with Crippen LogP contribution in [-0.4, -0.2) is 117 Å². The molecular weight excluding hydrogens is 620 g/mol. The summed E-state index contributed by atoms with van der Waals surface area (Å²) in [4.78, 5) is 12.0. The molecule has 0 radical (unpaired) electrons. The molecule has 0 bridgehead atoms. The van der Waals surface area contributed by atoms with Gasteiger partial charge < -0.3 is 63.4 Å². The van der Waals surface area contributed by atoms with Crippen molar-refractivity contribution < 1.29 is 68.2 Å². The molecule has 1 fully saturated rings. The van der Waals surface area contributed by atoms with Crippen molar-refractivity contribution in [3.05, 3.63) is 59.2 Å². The Bertz CT molecular complexity index is 1400. The lowest BCUT2D eigenvalue weighted by Crippen LogP contribution is -2.59. The molecular formula is C33H42O14. The fraction of sp³-hybridized carbons (Fsp3) is 0.485. The Morgan fingerprint density at radius 2 is 1.60 bits per heavy atom. The topological polar surface area (TPSA) is 192 Å². The minimum atomic E-state index is -1.63. The predicted molar refractivity (Wildman–Crippen MR) is 166 cm³/mol. The van der Waals surface area contributed by atoms with E-state index in [1.807, 2.05) is 6.07 Å². The standard InChI is InChI=1S/C33H42O14/c1-17(8-9-34)32(39)45-16-25-26(36)27(37)28(38)33(46-25)44-10-6-7-18-11-20-21(15-35)29(47-30(20)22(12-18)40-2)19-13-23(41-3)31(43-5)24(14-19)42-4/h6-7,11-14,21,25-29,33-38H,1,8-10,15-16H2,2-5H3/b7-6+/t21-,25-,26+,27-,28-,29+,33+/m1/s1. The van der Waals surface area contributed by atoms with Gasteiger partial charge in [-0.05, 0) is 29.8 Å². The Kier molecular flexibility index (Phi) is 12.5. The molecule has 0 spiro atoms. The van der Waals surface area contributed by atoms with Crippen LogP contribution in [0.15, 0.2) is 42.5 Å². The highest BCUT2D eigenvalue weighted by Crippen LogP contribution is 2.52. The first-order chi connectivity index (χ1) is 22.6. The fourth-order valence-electron chi connectivity index (χ4n) is 5.45. The minimum absolute atomic E-state index is 0.0177. The van der Waals surface area contributed by atoms with Gasteiger partial charge in [0.1, 0.15) is 37.1 Å². The van der Waals surface area contributed by atoms with Crippen LogP contribution in [0.5, 0.6) is 28.7 Å². The van der Waals surface area contributed by atoms with Gasteiger partial charge in [-0.3, -0.25) is 0 Å². The average molecular weight is 663 g/mol. The van der Waals surface area contributed by atoms with Crippen molar-refractivity contribution in [3.63, 3.8) is 0 Å². The van der Waals surface area contributed by atoms with Crippen molar-refractivity contribution in [2.24, 2.45) is 0 Å². The van der Waals surface area contributed by atoms with E-state index in [4.69, 9.17) is 43.0 Å². The third-order valence-electron chi connectivity index (χ3n) is 7.96. The molecule has 2 aromatic rings. The molecule has 5 N–H and O–H groups in total. The zero-order chi connectivity index (χ0) is 34.2. The summed E-state index contributed by atoms with van der Waals surface area (Å²) in [6, 6.07) is 7.15. The Balaban J connectivity index is 1.46. The lowest BCUT2D eigenvalue weighted by atomic mass is 9.90. The number of ether oxygens (including phenoxy) is 8. The van der Waals surface area contributed by atoms with Crippen LogP contribution in [0.2, 0.25) is 0 Å².